The second-order valence-corrected chi connectivity index (χ2v) is 4.51. The van der Waals surface area contributed by atoms with E-state index in [1.165, 1.54) is 4.43 Å². The Hall–Kier alpha value is -0.288. The molecule has 0 heterocycles. The molecule has 0 spiro atoms. The van der Waals surface area contributed by atoms with Crippen molar-refractivity contribution in [2.75, 3.05) is 0 Å². The van der Waals surface area contributed by atoms with Crippen molar-refractivity contribution in [2.24, 2.45) is 5.73 Å². The first kappa shape index (κ1) is 8.81. The lowest BCUT2D eigenvalue weighted by molar-refractivity contribution is 0.850. The Bertz CT molecular complexity index is 198. The number of benzene rings is 1. The number of rotatable bonds is 3. The monoisotopic (exact) mass is 162 g/mol. The summed E-state index contributed by atoms with van der Waals surface area (Å²) in [4.78, 5) is 0.400. The highest BCUT2D eigenvalue weighted by Gasteiger charge is 2.02. The summed E-state index contributed by atoms with van der Waals surface area (Å²) in [5, 5.41) is 0. The summed E-state index contributed by atoms with van der Waals surface area (Å²) in [6, 6.07) is 10.5. The summed E-state index contributed by atoms with van der Waals surface area (Å²) in [5.74, 6) is 0. The first-order valence-corrected chi connectivity index (χ1v) is 5.23. The molecule has 1 aromatic carbocycles. The van der Waals surface area contributed by atoms with Crippen molar-refractivity contribution in [3.63, 3.8) is 0 Å². The maximum Gasteiger partial charge on any atom is 0.277 e. The van der Waals surface area contributed by atoms with Gasteiger partial charge in [0.1, 0.15) is 0 Å². The second kappa shape index (κ2) is 4.56. The highest BCUT2D eigenvalue weighted by molar-refractivity contribution is 6.54. The van der Waals surface area contributed by atoms with Crippen LogP contribution in [0.4, 0.5) is 0 Å². The average molecular weight is 162 g/mol. The van der Waals surface area contributed by atoms with Crippen LogP contribution >= 0.6 is 0 Å². The zero-order valence-electron chi connectivity index (χ0n) is 6.83. The van der Waals surface area contributed by atoms with Crippen molar-refractivity contribution in [2.45, 2.75) is 18.2 Å². The fourth-order valence-electron chi connectivity index (χ4n) is 0.929. The third kappa shape index (κ3) is 3.07. The van der Waals surface area contributed by atoms with Crippen molar-refractivity contribution in [3.05, 3.63) is 30.3 Å². The molecule has 1 atom stereocenters. The van der Waals surface area contributed by atoms with Crippen LogP contribution in [0.1, 0.15) is 13.3 Å². The Kier molecular flexibility index (Phi) is 3.65. The molecule has 0 aliphatic heterocycles. The van der Waals surface area contributed by atoms with Gasteiger partial charge in [0.25, 0.3) is 15.2 Å². The van der Waals surface area contributed by atoms with Crippen molar-refractivity contribution < 1.29 is 0 Å². The van der Waals surface area contributed by atoms with Crippen LogP contribution in [0.3, 0.4) is 0 Å². The van der Waals surface area contributed by atoms with Crippen LogP contribution in [0.15, 0.2) is 30.3 Å². The van der Waals surface area contributed by atoms with Gasteiger partial charge in [-0.05, 0) is 4.90 Å². The molecule has 57 valence electrons. The standard InChI is InChI=1S/C6H5.C3H8N.Al/c1-2-4-6-5-3-1;1-2-3-4;/h1-5H;3H,2,4H2,1H3;. The van der Waals surface area contributed by atoms with Crippen molar-refractivity contribution in [1.29, 1.82) is 0 Å². The predicted octanol–water partition coefficient (Wildman–Crippen LogP) is 0.711. The van der Waals surface area contributed by atoms with E-state index in [1.807, 2.05) is 6.07 Å². The molecule has 0 bridgehead atoms. The van der Waals surface area contributed by atoms with Crippen LogP contribution in [-0.2, 0) is 0 Å². The smallest absolute Gasteiger partial charge is 0.277 e. The van der Waals surface area contributed by atoms with E-state index in [0.29, 0.717) is 4.90 Å². The van der Waals surface area contributed by atoms with E-state index in [-0.39, 0.29) is 15.2 Å². The Labute approximate surface area is 74.3 Å². The summed E-state index contributed by atoms with van der Waals surface area (Å²) < 4.78 is 1.42. The summed E-state index contributed by atoms with van der Waals surface area (Å²) in [5.41, 5.74) is 5.84. The molecule has 1 nitrogen and oxygen atoms in total. The molecule has 0 amide bonds. The van der Waals surface area contributed by atoms with Gasteiger partial charge in [-0.3, -0.25) is 0 Å². The normalized spacial score (nSPS) is 12.5. The molecule has 2 heteroatoms. The van der Waals surface area contributed by atoms with Gasteiger partial charge in [-0.15, -0.1) is 4.43 Å². The van der Waals surface area contributed by atoms with E-state index >= 15 is 0 Å². The number of nitrogens with two attached hydrogens (primary N) is 1. The zero-order valence-corrected chi connectivity index (χ0v) is 7.98. The van der Waals surface area contributed by atoms with E-state index in [1.54, 1.807) is 0 Å². The molecule has 0 fully saturated rings. The maximum atomic E-state index is 5.84. The topological polar surface area (TPSA) is 26.0 Å². The molecule has 1 radical (unpaired) electrons. The lowest BCUT2D eigenvalue weighted by atomic mass is 10.4. The molecule has 0 aliphatic rings. The molecule has 0 aromatic heterocycles. The minimum absolute atomic E-state index is 0.273. The molecule has 1 aromatic rings. The van der Waals surface area contributed by atoms with Crippen LogP contribution in [0.2, 0.25) is 0 Å². The summed E-state index contributed by atoms with van der Waals surface area (Å²) in [7, 11) is 0. The van der Waals surface area contributed by atoms with Crippen molar-refractivity contribution in [3.8, 4) is 0 Å². The molecule has 2 N–H and O–H groups in total. The molecule has 1 unspecified atom stereocenters. The van der Waals surface area contributed by atoms with Gasteiger partial charge in [0.2, 0.25) is 0 Å². The van der Waals surface area contributed by atoms with Gasteiger partial charge in [-0.1, -0.05) is 43.7 Å². The van der Waals surface area contributed by atoms with Gasteiger partial charge in [0.15, 0.2) is 0 Å². The summed E-state index contributed by atoms with van der Waals surface area (Å²) in [6.45, 7) is 2.14. The highest BCUT2D eigenvalue weighted by atomic mass is 27.1. The Morgan fingerprint density at radius 1 is 1.36 bits per heavy atom. The van der Waals surface area contributed by atoms with E-state index in [2.05, 4.69) is 31.2 Å². The van der Waals surface area contributed by atoms with Gasteiger partial charge in [0.05, 0.1) is 0 Å². The van der Waals surface area contributed by atoms with Gasteiger partial charge in [-0.2, -0.15) is 0 Å². The second-order valence-electron chi connectivity index (χ2n) is 2.65. The summed E-state index contributed by atoms with van der Waals surface area (Å²) >= 11 is 0.273. The third-order valence-corrected chi connectivity index (χ3v) is 3.35. The summed E-state index contributed by atoms with van der Waals surface area (Å²) in [6.07, 6.45) is 1.09. The fraction of sp³-hybridized carbons (Fsp3) is 0.333. The van der Waals surface area contributed by atoms with Crippen LogP contribution in [0.25, 0.3) is 0 Å². The van der Waals surface area contributed by atoms with E-state index < -0.39 is 0 Å². The van der Waals surface area contributed by atoms with Gasteiger partial charge in [0, 0.05) is 0 Å². The molecule has 1 rings (SSSR count). The Balaban J connectivity index is 2.51. The van der Waals surface area contributed by atoms with Gasteiger partial charge >= 0.3 is 0 Å². The van der Waals surface area contributed by atoms with E-state index in [0.717, 1.165) is 6.42 Å². The quantitative estimate of drug-likeness (QED) is 0.651. The largest absolute Gasteiger partial charge is 0.341 e. The van der Waals surface area contributed by atoms with Crippen LogP contribution in [-0.4, -0.2) is 20.1 Å². The number of hydrogen-bond acceptors (Lipinski definition) is 1. The van der Waals surface area contributed by atoms with Crippen LogP contribution < -0.4 is 10.2 Å². The van der Waals surface area contributed by atoms with E-state index in [4.69, 9.17) is 5.73 Å². The van der Waals surface area contributed by atoms with Crippen molar-refractivity contribution >= 4 is 19.6 Å². The molecular formula is C9H13AlN. The minimum atomic E-state index is 0.273. The molecule has 0 saturated heterocycles. The predicted molar refractivity (Wildman–Crippen MR) is 50.1 cm³/mol. The molecule has 11 heavy (non-hydrogen) atoms. The van der Waals surface area contributed by atoms with Gasteiger partial charge < -0.3 is 5.73 Å². The Morgan fingerprint density at radius 3 is 2.55 bits per heavy atom. The zero-order chi connectivity index (χ0) is 8.10. The van der Waals surface area contributed by atoms with Crippen LogP contribution in [0.5, 0.6) is 0 Å². The minimum Gasteiger partial charge on any atom is -0.341 e. The fourth-order valence-corrected chi connectivity index (χ4v) is 2.10. The molecule has 0 aliphatic carbocycles. The first-order chi connectivity index (χ1) is 5.33. The first-order valence-electron chi connectivity index (χ1n) is 3.98. The lowest BCUT2D eigenvalue weighted by Crippen LogP contribution is -2.34. The maximum absolute atomic E-state index is 5.84. The average Bonchev–Trinajstić information content (AvgIpc) is 2.06. The van der Waals surface area contributed by atoms with E-state index in [9.17, 15) is 0 Å². The number of hydrogen-bond donors (Lipinski definition) is 1. The SMILES string of the molecule is CC[CH](N)[Al][c]1ccccc1. The van der Waals surface area contributed by atoms with Gasteiger partial charge in [-0.25, -0.2) is 0 Å². The van der Waals surface area contributed by atoms with Crippen molar-refractivity contribution in [1.82, 2.24) is 0 Å². The third-order valence-electron chi connectivity index (χ3n) is 1.68. The molecule has 0 saturated carbocycles. The lowest BCUT2D eigenvalue weighted by Gasteiger charge is -2.05. The van der Waals surface area contributed by atoms with Crippen LogP contribution in [0, 0.1) is 0 Å². The Morgan fingerprint density at radius 2 is 2.00 bits per heavy atom. The molecular weight excluding hydrogens is 149 g/mol. The highest BCUT2D eigenvalue weighted by Crippen LogP contribution is 1.86.